The molecule has 0 aliphatic rings. The Morgan fingerprint density at radius 2 is 2.04 bits per heavy atom. The number of ether oxygens (including phenoxy) is 1. The minimum absolute atomic E-state index is 0.155. The van der Waals surface area contributed by atoms with Gasteiger partial charge in [-0.1, -0.05) is 5.16 Å². The van der Waals surface area contributed by atoms with Gasteiger partial charge in [-0.05, 0) is 37.3 Å². The first-order valence-electron chi connectivity index (χ1n) is 7.48. The summed E-state index contributed by atoms with van der Waals surface area (Å²) in [5.74, 6) is 0.375. The van der Waals surface area contributed by atoms with Gasteiger partial charge >= 0.3 is 5.97 Å². The highest BCUT2D eigenvalue weighted by Crippen LogP contribution is 2.21. The number of rotatable bonds is 6. The van der Waals surface area contributed by atoms with Crippen molar-refractivity contribution in [3.8, 4) is 5.82 Å². The van der Waals surface area contributed by atoms with Crippen LogP contribution < -0.4 is 0 Å². The van der Waals surface area contributed by atoms with E-state index in [1.807, 2.05) is 11.5 Å². The van der Waals surface area contributed by atoms with Gasteiger partial charge in [0.15, 0.2) is 12.4 Å². The number of carbonyl (C=O) groups excluding carboxylic acids is 2. The van der Waals surface area contributed by atoms with Crippen LogP contribution in [0.3, 0.4) is 0 Å². The standard InChI is InChI=1S/C15H16N6O4/c1-9-4-12(11(3)21(9)14-5-10(2)25-17-14)13(22)7-24-15(23)6-20-8-16-18-19-20/h4-5,8H,6-7H2,1-3H3. The molecule has 0 atom stereocenters. The number of tetrazole rings is 1. The lowest BCUT2D eigenvalue weighted by Crippen LogP contribution is -2.19. The second-order valence-corrected chi connectivity index (χ2v) is 5.51. The van der Waals surface area contributed by atoms with Gasteiger partial charge < -0.3 is 9.26 Å². The number of hydrogen-bond acceptors (Lipinski definition) is 8. The van der Waals surface area contributed by atoms with Gasteiger partial charge in [0.25, 0.3) is 0 Å². The summed E-state index contributed by atoms with van der Waals surface area (Å²) in [5.41, 5.74) is 2.00. The fourth-order valence-corrected chi connectivity index (χ4v) is 2.51. The lowest BCUT2D eigenvalue weighted by molar-refractivity contribution is -0.143. The van der Waals surface area contributed by atoms with Gasteiger partial charge in [0.05, 0.1) is 0 Å². The zero-order valence-corrected chi connectivity index (χ0v) is 14.0. The van der Waals surface area contributed by atoms with Crippen LogP contribution in [0.15, 0.2) is 23.0 Å². The molecule has 0 fully saturated rings. The lowest BCUT2D eigenvalue weighted by Gasteiger charge is -2.06. The number of ketones is 1. The third-order valence-electron chi connectivity index (χ3n) is 3.62. The van der Waals surface area contributed by atoms with Crippen LogP contribution in [0.1, 0.15) is 27.5 Å². The molecule has 0 bridgehead atoms. The van der Waals surface area contributed by atoms with E-state index in [2.05, 4.69) is 20.7 Å². The molecule has 25 heavy (non-hydrogen) atoms. The van der Waals surface area contributed by atoms with Gasteiger partial charge in [-0.25, -0.2) is 4.68 Å². The highest BCUT2D eigenvalue weighted by molar-refractivity contribution is 5.99. The number of Topliss-reactive ketones (excluding diaryl/α,β-unsaturated/α-hetero) is 1. The third-order valence-corrected chi connectivity index (χ3v) is 3.62. The largest absolute Gasteiger partial charge is 0.456 e. The van der Waals surface area contributed by atoms with Crippen molar-refractivity contribution in [3.05, 3.63) is 41.2 Å². The third kappa shape index (κ3) is 3.47. The maximum absolute atomic E-state index is 12.4. The van der Waals surface area contributed by atoms with Gasteiger partial charge in [0.1, 0.15) is 18.6 Å². The summed E-state index contributed by atoms with van der Waals surface area (Å²) < 4.78 is 13.1. The molecule has 0 N–H and O–H groups in total. The Labute approximate surface area is 142 Å². The highest BCUT2D eigenvalue weighted by atomic mass is 16.5. The van der Waals surface area contributed by atoms with Crippen LogP contribution >= 0.6 is 0 Å². The molecule has 0 radical (unpaired) electrons. The monoisotopic (exact) mass is 344 g/mol. The first-order chi connectivity index (χ1) is 12.0. The molecular formula is C15H16N6O4. The number of aryl methyl sites for hydroxylation is 2. The van der Waals surface area contributed by atoms with Gasteiger partial charge in [0.2, 0.25) is 5.78 Å². The van der Waals surface area contributed by atoms with Crippen LogP contribution in [0.2, 0.25) is 0 Å². The van der Waals surface area contributed by atoms with Crippen molar-refractivity contribution in [2.24, 2.45) is 0 Å². The van der Waals surface area contributed by atoms with Crippen LogP contribution in [0, 0.1) is 20.8 Å². The molecule has 0 amide bonds. The molecule has 10 heteroatoms. The smallest absolute Gasteiger partial charge is 0.328 e. The summed E-state index contributed by atoms with van der Waals surface area (Å²) >= 11 is 0. The Balaban J connectivity index is 1.69. The Morgan fingerprint density at radius 1 is 1.24 bits per heavy atom. The first kappa shape index (κ1) is 16.6. The predicted molar refractivity (Wildman–Crippen MR) is 83.1 cm³/mol. The van der Waals surface area contributed by atoms with E-state index in [1.165, 1.54) is 11.0 Å². The second kappa shape index (κ2) is 6.67. The molecule has 3 heterocycles. The Morgan fingerprint density at radius 3 is 2.68 bits per heavy atom. The van der Waals surface area contributed by atoms with Crippen LogP contribution in [0.4, 0.5) is 0 Å². The van der Waals surface area contributed by atoms with Crippen LogP contribution in [-0.4, -0.2) is 48.3 Å². The Hall–Kier alpha value is -3.30. The second-order valence-electron chi connectivity index (χ2n) is 5.51. The van der Waals surface area contributed by atoms with Gasteiger partial charge in [-0.3, -0.25) is 14.2 Å². The Kier molecular flexibility index (Phi) is 4.42. The number of esters is 1. The van der Waals surface area contributed by atoms with Crippen molar-refractivity contribution in [1.82, 2.24) is 29.9 Å². The molecule has 3 aromatic rings. The van der Waals surface area contributed by atoms with E-state index in [0.717, 1.165) is 5.69 Å². The minimum Gasteiger partial charge on any atom is -0.456 e. The van der Waals surface area contributed by atoms with Crippen molar-refractivity contribution in [1.29, 1.82) is 0 Å². The molecule has 10 nitrogen and oxygen atoms in total. The average Bonchev–Trinajstić information content (AvgIpc) is 3.27. The summed E-state index contributed by atoms with van der Waals surface area (Å²) in [7, 11) is 0. The summed E-state index contributed by atoms with van der Waals surface area (Å²) in [4.78, 5) is 24.1. The van der Waals surface area contributed by atoms with E-state index in [9.17, 15) is 9.59 Å². The van der Waals surface area contributed by atoms with Crippen molar-refractivity contribution in [3.63, 3.8) is 0 Å². The molecule has 3 aromatic heterocycles. The van der Waals surface area contributed by atoms with Crippen LogP contribution in [0.5, 0.6) is 0 Å². The maximum Gasteiger partial charge on any atom is 0.328 e. The number of nitrogens with zero attached hydrogens (tertiary/aromatic N) is 6. The summed E-state index contributed by atoms with van der Waals surface area (Å²) in [5, 5.41) is 14.4. The van der Waals surface area contributed by atoms with Crippen molar-refractivity contribution >= 4 is 11.8 Å². The SMILES string of the molecule is Cc1cc(-n2c(C)cc(C(=O)COC(=O)Cn3cnnn3)c2C)no1. The normalized spacial score (nSPS) is 10.8. The minimum atomic E-state index is -0.596. The highest BCUT2D eigenvalue weighted by Gasteiger charge is 2.19. The maximum atomic E-state index is 12.4. The van der Waals surface area contributed by atoms with Crippen molar-refractivity contribution in [2.45, 2.75) is 27.3 Å². The fourth-order valence-electron chi connectivity index (χ4n) is 2.51. The average molecular weight is 344 g/mol. The van der Waals surface area contributed by atoms with E-state index in [4.69, 9.17) is 9.26 Å². The van der Waals surface area contributed by atoms with Gasteiger partial charge in [-0.2, -0.15) is 0 Å². The predicted octanol–water partition coefficient (Wildman–Crippen LogP) is 0.803. The molecule has 0 saturated heterocycles. The molecule has 3 rings (SSSR count). The summed E-state index contributed by atoms with van der Waals surface area (Å²) in [6.45, 7) is 4.94. The molecule has 0 saturated carbocycles. The quantitative estimate of drug-likeness (QED) is 0.476. The van der Waals surface area contributed by atoms with E-state index in [0.29, 0.717) is 22.8 Å². The van der Waals surface area contributed by atoms with E-state index >= 15 is 0 Å². The topological polar surface area (TPSA) is 118 Å². The molecule has 0 unspecified atom stereocenters. The number of hydrogen-bond donors (Lipinski definition) is 0. The molecule has 0 spiro atoms. The van der Waals surface area contributed by atoms with Crippen LogP contribution in [0.25, 0.3) is 5.82 Å². The fraction of sp³-hybridized carbons (Fsp3) is 0.333. The number of aromatic nitrogens is 6. The van der Waals surface area contributed by atoms with Crippen molar-refractivity contribution < 1.29 is 18.8 Å². The van der Waals surface area contributed by atoms with Gasteiger partial charge in [-0.15, -0.1) is 5.10 Å². The van der Waals surface area contributed by atoms with Crippen LogP contribution in [-0.2, 0) is 16.1 Å². The molecule has 130 valence electrons. The first-order valence-corrected chi connectivity index (χ1v) is 7.48. The van der Waals surface area contributed by atoms with E-state index < -0.39 is 5.97 Å². The van der Waals surface area contributed by atoms with Crippen molar-refractivity contribution in [2.75, 3.05) is 6.61 Å². The number of carbonyl (C=O) groups is 2. The van der Waals surface area contributed by atoms with E-state index in [1.54, 1.807) is 26.0 Å². The molecule has 0 aliphatic heterocycles. The summed E-state index contributed by atoms with van der Waals surface area (Å²) in [6, 6.07) is 3.51. The zero-order valence-electron chi connectivity index (χ0n) is 14.0. The molecule has 0 aliphatic carbocycles. The summed E-state index contributed by atoms with van der Waals surface area (Å²) in [6.07, 6.45) is 1.29. The van der Waals surface area contributed by atoms with Gasteiger partial charge in [0, 0.05) is 23.0 Å². The lowest BCUT2D eigenvalue weighted by atomic mass is 10.1. The molecule has 0 aromatic carbocycles. The Bertz CT molecular complexity index is 909. The molecular weight excluding hydrogens is 328 g/mol. The van der Waals surface area contributed by atoms with E-state index in [-0.39, 0.29) is 18.9 Å². The zero-order chi connectivity index (χ0) is 18.0.